The van der Waals surface area contributed by atoms with Crippen LogP contribution in [0.25, 0.3) is 0 Å². The quantitative estimate of drug-likeness (QED) is 0.933. The molecule has 24 heavy (non-hydrogen) atoms. The van der Waals surface area contributed by atoms with Gasteiger partial charge in [0.15, 0.2) is 0 Å². The summed E-state index contributed by atoms with van der Waals surface area (Å²) >= 11 is 0. The normalized spacial score (nSPS) is 14.6. The zero-order valence-corrected chi connectivity index (χ0v) is 13.2. The average Bonchev–Trinajstić information content (AvgIpc) is 2.58. The molecular weight excluding hydrogens is 316 g/mol. The Labute approximate surface area is 138 Å². The molecule has 0 spiro atoms. The van der Waals surface area contributed by atoms with Gasteiger partial charge in [-0.1, -0.05) is 0 Å². The van der Waals surface area contributed by atoms with Crippen LogP contribution in [-0.4, -0.2) is 47.0 Å². The number of halogens is 2. The van der Waals surface area contributed by atoms with Gasteiger partial charge in [-0.05, 0) is 12.1 Å². The maximum absolute atomic E-state index is 13.7. The lowest BCUT2D eigenvalue weighted by atomic mass is 10.3. The van der Waals surface area contributed by atoms with Crippen LogP contribution >= 0.6 is 0 Å². The summed E-state index contributed by atoms with van der Waals surface area (Å²) in [4.78, 5) is 23.5. The van der Waals surface area contributed by atoms with E-state index in [9.17, 15) is 13.6 Å². The zero-order chi connectivity index (χ0) is 17.1. The first-order valence-electron chi connectivity index (χ1n) is 7.57. The first-order valence-corrected chi connectivity index (χ1v) is 7.57. The molecule has 2 heterocycles. The Bertz CT molecular complexity index is 747. The minimum atomic E-state index is -0.690. The van der Waals surface area contributed by atoms with Crippen molar-refractivity contribution in [2.24, 2.45) is 0 Å². The molecule has 6 nitrogen and oxygen atoms in total. The molecule has 1 saturated heterocycles. The van der Waals surface area contributed by atoms with Crippen molar-refractivity contribution in [1.29, 1.82) is 0 Å². The first kappa shape index (κ1) is 16.1. The standard InChI is InChI=1S/C16H17F2N5O/c1-11(24)22-4-6-23(7-5-22)16-9-15(19-10-20-16)21-14-3-2-12(17)8-13(14)18/h2-3,8-10H,4-7H2,1H3,(H,19,20,21). The lowest BCUT2D eigenvalue weighted by Crippen LogP contribution is -2.48. The summed E-state index contributed by atoms with van der Waals surface area (Å²) in [6.07, 6.45) is 1.39. The van der Waals surface area contributed by atoms with E-state index in [1.54, 1.807) is 17.9 Å². The van der Waals surface area contributed by atoms with Crippen molar-refractivity contribution >= 4 is 23.2 Å². The number of hydrogen-bond acceptors (Lipinski definition) is 5. The summed E-state index contributed by atoms with van der Waals surface area (Å²) in [6.45, 7) is 4.16. The van der Waals surface area contributed by atoms with Crippen LogP contribution in [0.5, 0.6) is 0 Å². The second kappa shape index (κ2) is 6.77. The molecule has 0 radical (unpaired) electrons. The van der Waals surface area contributed by atoms with Gasteiger partial charge in [-0.2, -0.15) is 0 Å². The van der Waals surface area contributed by atoms with E-state index in [2.05, 4.69) is 15.3 Å². The first-order chi connectivity index (χ1) is 11.5. The topological polar surface area (TPSA) is 61.4 Å². The highest BCUT2D eigenvalue weighted by Crippen LogP contribution is 2.22. The van der Waals surface area contributed by atoms with Crippen molar-refractivity contribution in [3.63, 3.8) is 0 Å². The summed E-state index contributed by atoms with van der Waals surface area (Å²) in [6, 6.07) is 5.00. The summed E-state index contributed by atoms with van der Waals surface area (Å²) in [7, 11) is 0. The number of anilines is 3. The summed E-state index contributed by atoms with van der Waals surface area (Å²) in [5, 5.41) is 2.82. The highest BCUT2D eigenvalue weighted by Gasteiger charge is 2.20. The van der Waals surface area contributed by atoms with Gasteiger partial charge in [0.25, 0.3) is 0 Å². The monoisotopic (exact) mass is 333 g/mol. The lowest BCUT2D eigenvalue weighted by Gasteiger charge is -2.34. The summed E-state index contributed by atoms with van der Waals surface area (Å²) in [5.74, 6) is -0.154. The number of nitrogens with zero attached hydrogens (tertiary/aromatic N) is 4. The predicted molar refractivity (Wildman–Crippen MR) is 86.1 cm³/mol. The van der Waals surface area contributed by atoms with Crippen LogP contribution in [-0.2, 0) is 4.79 Å². The number of benzene rings is 1. The summed E-state index contributed by atoms with van der Waals surface area (Å²) < 4.78 is 26.7. The van der Waals surface area contributed by atoms with Crippen molar-refractivity contribution in [1.82, 2.24) is 14.9 Å². The third-order valence-corrected chi connectivity index (χ3v) is 3.90. The van der Waals surface area contributed by atoms with Crippen molar-refractivity contribution in [2.75, 3.05) is 36.4 Å². The number of carbonyl (C=O) groups excluding carboxylic acids is 1. The zero-order valence-electron chi connectivity index (χ0n) is 13.2. The van der Waals surface area contributed by atoms with E-state index in [4.69, 9.17) is 0 Å². The maximum atomic E-state index is 13.7. The highest BCUT2D eigenvalue weighted by atomic mass is 19.1. The molecule has 1 aromatic heterocycles. The molecule has 8 heteroatoms. The Morgan fingerprint density at radius 1 is 1.12 bits per heavy atom. The molecule has 0 unspecified atom stereocenters. The molecule has 1 aliphatic heterocycles. The van der Waals surface area contributed by atoms with Gasteiger partial charge < -0.3 is 15.1 Å². The summed E-state index contributed by atoms with van der Waals surface area (Å²) in [5.41, 5.74) is 0.141. The van der Waals surface area contributed by atoms with Gasteiger partial charge in [-0.25, -0.2) is 18.7 Å². The third kappa shape index (κ3) is 3.58. The molecule has 0 atom stereocenters. The molecule has 2 aromatic rings. The van der Waals surface area contributed by atoms with E-state index in [-0.39, 0.29) is 11.6 Å². The Morgan fingerprint density at radius 2 is 1.88 bits per heavy atom. The molecule has 1 aliphatic rings. The van der Waals surface area contributed by atoms with Crippen molar-refractivity contribution in [2.45, 2.75) is 6.92 Å². The van der Waals surface area contributed by atoms with Crippen LogP contribution in [0.15, 0.2) is 30.6 Å². The molecule has 1 fully saturated rings. The molecule has 0 saturated carbocycles. The predicted octanol–water partition coefficient (Wildman–Crippen LogP) is 2.17. The Morgan fingerprint density at radius 3 is 2.54 bits per heavy atom. The molecule has 0 bridgehead atoms. The van der Waals surface area contributed by atoms with Gasteiger partial charge in [0.2, 0.25) is 5.91 Å². The molecule has 3 rings (SSSR count). The second-order valence-corrected chi connectivity index (χ2v) is 5.50. The number of piperazine rings is 1. The van der Waals surface area contributed by atoms with E-state index >= 15 is 0 Å². The van der Waals surface area contributed by atoms with Crippen molar-refractivity contribution < 1.29 is 13.6 Å². The van der Waals surface area contributed by atoms with E-state index in [0.717, 1.165) is 6.07 Å². The highest BCUT2D eigenvalue weighted by molar-refractivity contribution is 5.73. The van der Waals surface area contributed by atoms with E-state index in [0.29, 0.717) is 37.8 Å². The minimum absolute atomic E-state index is 0.0616. The van der Waals surface area contributed by atoms with E-state index in [1.807, 2.05) is 4.90 Å². The fourth-order valence-corrected chi connectivity index (χ4v) is 2.57. The van der Waals surface area contributed by atoms with E-state index in [1.165, 1.54) is 18.5 Å². The van der Waals surface area contributed by atoms with Crippen LogP contribution in [0.1, 0.15) is 6.92 Å². The van der Waals surface area contributed by atoms with E-state index < -0.39 is 11.6 Å². The third-order valence-electron chi connectivity index (χ3n) is 3.90. The van der Waals surface area contributed by atoms with Crippen molar-refractivity contribution in [3.8, 4) is 0 Å². The maximum Gasteiger partial charge on any atom is 0.219 e. The Balaban J connectivity index is 1.71. The molecular formula is C16H17F2N5O. The minimum Gasteiger partial charge on any atom is -0.353 e. The number of rotatable bonds is 3. The average molecular weight is 333 g/mol. The van der Waals surface area contributed by atoms with Gasteiger partial charge in [0.05, 0.1) is 5.69 Å². The molecule has 126 valence electrons. The second-order valence-electron chi connectivity index (χ2n) is 5.50. The molecule has 1 amide bonds. The SMILES string of the molecule is CC(=O)N1CCN(c2cc(Nc3ccc(F)cc3F)ncn2)CC1. The molecule has 1 aromatic carbocycles. The van der Waals surface area contributed by atoms with Crippen LogP contribution in [0.2, 0.25) is 0 Å². The molecule has 0 aliphatic carbocycles. The lowest BCUT2D eigenvalue weighted by molar-refractivity contribution is -0.129. The number of aromatic nitrogens is 2. The smallest absolute Gasteiger partial charge is 0.219 e. The fourth-order valence-electron chi connectivity index (χ4n) is 2.57. The van der Waals surface area contributed by atoms with Crippen LogP contribution in [0.4, 0.5) is 26.1 Å². The largest absolute Gasteiger partial charge is 0.353 e. The Hall–Kier alpha value is -2.77. The number of nitrogens with one attached hydrogen (secondary N) is 1. The van der Waals surface area contributed by atoms with Crippen LogP contribution in [0, 0.1) is 11.6 Å². The fraction of sp³-hybridized carbons (Fsp3) is 0.312. The van der Waals surface area contributed by atoms with Crippen LogP contribution in [0.3, 0.4) is 0 Å². The van der Waals surface area contributed by atoms with Gasteiger partial charge in [-0.3, -0.25) is 4.79 Å². The number of amides is 1. The van der Waals surface area contributed by atoms with Gasteiger partial charge in [-0.15, -0.1) is 0 Å². The van der Waals surface area contributed by atoms with Crippen LogP contribution < -0.4 is 10.2 Å². The van der Waals surface area contributed by atoms with Gasteiger partial charge in [0, 0.05) is 45.2 Å². The molecule has 1 N–H and O–H groups in total. The number of carbonyl (C=O) groups is 1. The van der Waals surface area contributed by atoms with Gasteiger partial charge in [0.1, 0.15) is 29.6 Å². The number of hydrogen-bond donors (Lipinski definition) is 1. The van der Waals surface area contributed by atoms with Crippen molar-refractivity contribution in [3.05, 3.63) is 42.2 Å². The Kier molecular flexibility index (Phi) is 4.54. The van der Waals surface area contributed by atoms with Gasteiger partial charge >= 0.3 is 0 Å².